The van der Waals surface area contributed by atoms with Gasteiger partial charge in [-0.05, 0) is 31.4 Å². The van der Waals surface area contributed by atoms with E-state index in [-0.39, 0.29) is 5.91 Å². The average molecular weight is 286 g/mol. The summed E-state index contributed by atoms with van der Waals surface area (Å²) in [5.41, 5.74) is 3.44. The molecular weight excluding hydrogens is 264 g/mol. The Morgan fingerprint density at radius 1 is 1.43 bits per heavy atom. The third kappa shape index (κ3) is 2.23. The fraction of sp³-hybridized carbons (Fsp3) is 0.471. The molecule has 1 atom stereocenters. The predicted octanol–water partition coefficient (Wildman–Crippen LogP) is 2.49. The van der Waals surface area contributed by atoms with Gasteiger partial charge in [0.05, 0.1) is 12.3 Å². The summed E-state index contributed by atoms with van der Waals surface area (Å²) in [7, 11) is 3.77. The molecule has 0 bridgehead atoms. The second-order valence-electron chi connectivity index (χ2n) is 5.91. The summed E-state index contributed by atoms with van der Waals surface area (Å²) in [5.74, 6) is 0.0608. The highest BCUT2D eigenvalue weighted by molar-refractivity contribution is 5.86. The van der Waals surface area contributed by atoms with Gasteiger partial charge in [0, 0.05) is 31.4 Å². The quantitative estimate of drug-likeness (QED) is 0.942. The highest BCUT2D eigenvalue weighted by Crippen LogP contribution is 2.41. The standard InChI is InChI=1S/C17H22N2O2/c1-17(10-8-15(20)18-2)16-13(9-11-21-17)12-6-4-5-7-14(12)19(16)3/h4-7H,8-11H2,1-3H3,(H,18,20). The van der Waals surface area contributed by atoms with Gasteiger partial charge >= 0.3 is 0 Å². The number of amides is 1. The van der Waals surface area contributed by atoms with E-state index in [1.807, 2.05) is 0 Å². The third-order valence-electron chi connectivity index (χ3n) is 4.59. The van der Waals surface area contributed by atoms with E-state index in [9.17, 15) is 4.79 Å². The van der Waals surface area contributed by atoms with E-state index in [0.717, 1.165) is 6.42 Å². The Balaban J connectivity index is 2.07. The second kappa shape index (κ2) is 5.19. The topological polar surface area (TPSA) is 43.3 Å². The molecule has 112 valence electrons. The number of carbonyl (C=O) groups is 1. The van der Waals surface area contributed by atoms with E-state index >= 15 is 0 Å². The molecule has 0 radical (unpaired) electrons. The van der Waals surface area contributed by atoms with Crippen molar-refractivity contribution in [2.75, 3.05) is 13.7 Å². The Labute approximate surface area is 125 Å². The Morgan fingerprint density at radius 3 is 2.95 bits per heavy atom. The highest BCUT2D eigenvalue weighted by atomic mass is 16.5. The number of carbonyl (C=O) groups excluding carboxylic acids is 1. The fourth-order valence-electron chi connectivity index (χ4n) is 3.51. The van der Waals surface area contributed by atoms with Crippen LogP contribution in [0, 0.1) is 0 Å². The fourth-order valence-corrected chi connectivity index (χ4v) is 3.51. The number of nitrogens with zero attached hydrogens (tertiary/aromatic N) is 1. The van der Waals surface area contributed by atoms with Crippen molar-refractivity contribution in [3.63, 3.8) is 0 Å². The molecule has 1 aromatic carbocycles. The predicted molar refractivity (Wildman–Crippen MR) is 83.2 cm³/mol. The number of rotatable bonds is 3. The van der Waals surface area contributed by atoms with Gasteiger partial charge in [-0.25, -0.2) is 0 Å². The molecule has 1 aliphatic heterocycles. The molecular formula is C17H22N2O2. The van der Waals surface area contributed by atoms with Crippen LogP contribution >= 0.6 is 0 Å². The molecule has 0 saturated carbocycles. The minimum Gasteiger partial charge on any atom is -0.369 e. The summed E-state index contributed by atoms with van der Waals surface area (Å²) in [4.78, 5) is 11.6. The van der Waals surface area contributed by atoms with Crippen molar-refractivity contribution < 1.29 is 9.53 Å². The van der Waals surface area contributed by atoms with Crippen molar-refractivity contribution in [2.24, 2.45) is 7.05 Å². The van der Waals surface area contributed by atoms with Crippen LogP contribution in [0.1, 0.15) is 31.0 Å². The molecule has 4 heteroatoms. The van der Waals surface area contributed by atoms with E-state index in [0.29, 0.717) is 19.4 Å². The number of aromatic nitrogens is 1. The van der Waals surface area contributed by atoms with Gasteiger partial charge in [0.15, 0.2) is 0 Å². The lowest BCUT2D eigenvalue weighted by Gasteiger charge is -2.35. The molecule has 1 N–H and O–H groups in total. The first-order valence-electron chi connectivity index (χ1n) is 7.48. The molecule has 4 nitrogen and oxygen atoms in total. The minimum atomic E-state index is -0.395. The number of fused-ring (bicyclic) bond motifs is 3. The normalized spacial score (nSPS) is 21.3. The Morgan fingerprint density at radius 2 is 2.19 bits per heavy atom. The van der Waals surface area contributed by atoms with Gasteiger partial charge in [-0.3, -0.25) is 4.79 Å². The summed E-state index contributed by atoms with van der Waals surface area (Å²) in [6, 6.07) is 8.47. The van der Waals surface area contributed by atoms with E-state index < -0.39 is 5.60 Å². The van der Waals surface area contributed by atoms with Crippen LogP contribution in [-0.4, -0.2) is 24.1 Å². The van der Waals surface area contributed by atoms with Crippen molar-refractivity contribution in [1.82, 2.24) is 9.88 Å². The number of para-hydroxylation sites is 1. The lowest BCUT2D eigenvalue weighted by molar-refractivity contribution is -0.123. The van der Waals surface area contributed by atoms with Crippen molar-refractivity contribution in [2.45, 2.75) is 31.8 Å². The molecule has 0 aliphatic carbocycles. The number of hydrogen-bond acceptors (Lipinski definition) is 2. The van der Waals surface area contributed by atoms with Crippen LogP contribution in [-0.2, 0) is 28.6 Å². The van der Waals surface area contributed by atoms with E-state index in [1.54, 1.807) is 7.05 Å². The lowest BCUT2D eigenvalue weighted by atomic mass is 9.88. The van der Waals surface area contributed by atoms with Gasteiger partial charge in [0.1, 0.15) is 5.60 Å². The van der Waals surface area contributed by atoms with Gasteiger partial charge in [-0.2, -0.15) is 0 Å². The zero-order valence-electron chi connectivity index (χ0n) is 12.9. The van der Waals surface area contributed by atoms with Gasteiger partial charge in [-0.1, -0.05) is 18.2 Å². The third-order valence-corrected chi connectivity index (χ3v) is 4.59. The van der Waals surface area contributed by atoms with Crippen LogP contribution in [0.15, 0.2) is 24.3 Å². The second-order valence-corrected chi connectivity index (χ2v) is 5.91. The van der Waals surface area contributed by atoms with E-state index in [1.165, 1.54) is 22.2 Å². The first kappa shape index (κ1) is 14.1. The van der Waals surface area contributed by atoms with Crippen LogP contribution in [0.3, 0.4) is 0 Å². The van der Waals surface area contributed by atoms with Crippen molar-refractivity contribution in [3.05, 3.63) is 35.5 Å². The van der Waals surface area contributed by atoms with Crippen molar-refractivity contribution in [1.29, 1.82) is 0 Å². The molecule has 1 aromatic heterocycles. The summed E-state index contributed by atoms with van der Waals surface area (Å²) >= 11 is 0. The Hall–Kier alpha value is -1.81. The lowest BCUT2D eigenvalue weighted by Crippen LogP contribution is -2.35. The summed E-state index contributed by atoms with van der Waals surface area (Å²) in [6.45, 7) is 2.82. The van der Waals surface area contributed by atoms with Gasteiger partial charge in [0.2, 0.25) is 5.91 Å². The minimum absolute atomic E-state index is 0.0608. The highest BCUT2D eigenvalue weighted by Gasteiger charge is 2.37. The molecule has 1 unspecified atom stereocenters. The Kier molecular flexibility index (Phi) is 3.49. The van der Waals surface area contributed by atoms with Crippen LogP contribution < -0.4 is 5.32 Å². The molecule has 0 fully saturated rings. The van der Waals surface area contributed by atoms with Gasteiger partial charge in [-0.15, -0.1) is 0 Å². The molecule has 0 spiro atoms. The van der Waals surface area contributed by atoms with Crippen LogP contribution in [0.2, 0.25) is 0 Å². The molecule has 2 aromatic rings. The monoisotopic (exact) mass is 286 g/mol. The number of ether oxygens (including phenoxy) is 1. The zero-order chi connectivity index (χ0) is 15.0. The van der Waals surface area contributed by atoms with Gasteiger partial charge in [0.25, 0.3) is 0 Å². The first-order valence-corrected chi connectivity index (χ1v) is 7.48. The van der Waals surface area contributed by atoms with Crippen molar-refractivity contribution >= 4 is 16.8 Å². The number of aryl methyl sites for hydroxylation is 1. The van der Waals surface area contributed by atoms with Crippen LogP contribution in [0.5, 0.6) is 0 Å². The molecule has 21 heavy (non-hydrogen) atoms. The molecule has 2 heterocycles. The number of hydrogen-bond donors (Lipinski definition) is 1. The average Bonchev–Trinajstić information content (AvgIpc) is 2.80. The number of benzene rings is 1. The summed E-state index contributed by atoms with van der Waals surface area (Å²) in [6.07, 6.45) is 2.12. The zero-order valence-corrected chi connectivity index (χ0v) is 12.9. The summed E-state index contributed by atoms with van der Waals surface area (Å²) < 4.78 is 8.33. The SMILES string of the molecule is CNC(=O)CCC1(C)OCCc2c1n(C)c1ccccc21. The van der Waals surface area contributed by atoms with Crippen molar-refractivity contribution in [3.8, 4) is 0 Å². The maximum atomic E-state index is 11.6. The maximum Gasteiger partial charge on any atom is 0.219 e. The smallest absolute Gasteiger partial charge is 0.219 e. The first-order chi connectivity index (χ1) is 10.1. The maximum absolute atomic E-state index is 11.6. The van der Waals surface area contributed by atoms with Crippen LogP contribution in [0.25, 0.3) is 10.9 Å². The molecule has 0 saturated heterocycles. The largest absolute Gasteiger partial charge is 0.369 e. The molecule has 3 rings (SSSR count). The van der Waals surface area contributed by atoms with Gasteiger partial charge < -0.3 is 14.6 Å². The summed E-state index contributed by atoms with van der Waals surface area (Å²) in [5, 5.41) is 4.00. The van der Waals surface area contributed by atoms with E-state index in [2.05, 4.69) is 48.1 Å². The molecule has 1 aliphatic rings. The van der Waals surface area contributed by atoms with E-state index in [4.69, 9.17) is 4.74 Å². The van der Waals surface area contributed by atoms with Crippen LogP contribution in [0.4, 0.5) is 0 Å². The number of nitrogens with one attached hydrogen (secondary N) is 1. The molecule has 1 amide bonds. The Bertz CT molecular complexity index is 689.